The molecule has 0 aliphatic heterocycles. The predicted molar refractivity (Wildman–Crippen MR) is 77.2 cm³/mol. The quantitative estimate of drug-likeness (QED) is 0.935. The van der Waals surface area contributed by atoms with Crippen LogP contribution in [0.1, 0.15) is 5.56 Å². The van der Waals surface area contributed by atoms with E-state index in [0.29, 0.717) is 22.4 Å². The first-order valence-electron chi connectivity index (χ1n) is 5.44. The molecule has 0 fully saturated rings. The molecule has 2 rings (SSSR count). The fourth-order valence-electron chi connectivity index (χ4n) is 1.67. The Morgan fingerprint density at radius 2 is 1.83 bits per heavy atom. The first-order valence-corrected chi connectivity index (χ1v) is 6.20. The van der Waals surface area contributed by atoms with Gasteiger partial charge in [0.05, 0.1) is 10.0 Å². The van der Waals surface area contributed by atoms with Gasteiger partial charge >= 0.3 is 0 Å². The maximum absolute atomic E-state index is 6.12. The Morgan fingerprint density at radius 1 is 1.17 bits per heavy atom. The monoisotopic (exact) mass is 281 g/mol. The summed E-state index contributed by atoms with van der Waals surface area (Å²) in [6, 6.07) is 11.7. The molecule has 0 atom stereocenters. The molecule has 1 aromatic heterocycles. The standard InChI is InChI=1S/C13H13Cl2N3/c1-18(8-9-5-3-2-4-6-9)13-11(15)7-10(14)12(16)17-13/h2-7H,8H2,1H3,(H2,16,17). The van der Waals surface area contributed by atoms with Crippen molar-refractivity contribution in [2.75, 3.05) is 17.7 Å². The Bertz CT molecular complexity index is 543. The van der Waals surface area contributed by atoms with Crippen molar-refractivity contribution >= 4 is 34.8 Å². The van der Waals surface area contributed by atoms with E-state index in [4.69, 9.17) is 28.9 Å². The molecular formula is C13H13Cl2N3. The molecule has 0 bridgehead atoms. The van der Waals surface area contributed by atoms with E-state index in [1.165, 1.54) is 5.56 Å². The number of aromatic nitrogens is 1. The average molecular weight is 282 g/mol. The fourth-order valence-corrected chi connectivity index (χ4v) is 2.17. The third kappa shape index (κ3) is 2.86. The van der Waals surface area contributed by atoms with Gasteiger partial charge < -0.3 is 10.6 Å². The smallest absolute Gasteiger partial charge is 0.149 e. The van der Waals surface area contributed by atoms with E-state index in [-0.39, 0.29) is 5.82 Å². The maximum atomic E-state index is 6.12. The number of rotatable bonds is 3. The second-order valence-electron chi connectivity index (χ2n) is 4.00. The average Bonchev–Trinajstić information content (AvgIpc) is 2.35. The first-order chi connectivity index (χ1) is 8.58. The summed E-state index contributed by atoms with van der Waals surface area (Å²) >= 11 is 12.0. The zero-order valence-corrected chi connectivity index (χ0v) is 11.4. The molecule has 1 aromatic carbocycles. The van der Waals surface area contributed by atoms with Crippen molar-refractivity contribution in [3.8, 4) is 0 Å². The summed E-state index contributed by atoms with van der Waals surface area (Å²) in [6.07, 6.45) is 0. The molecule has 0 saturated heterocycles. The summed E-state index contributed by atoms with van der Waals surface area (Å²) in [7, 11) is 1.91. The lowest BCUT2D eigenvalue weighted by Crippen LogP contribution is -2.18. The van der Waals surface area contributed by atoms with Gasteiger partial charge in [0, 0.05) is 13.6 Å². The van der Waals surface area contributed by atoms with Gasteiger partial charge in [-0.2, -0.15) is 0 Å². The normalized spacial score (nSPS) is 10.4. The van der Waals surface area contributed by atoms with Crippen molar-refractivity contribution in [2.24, 2.45) is 0 Å². The van der Waals surface area contributed by atoms with E-state index >= 15 is 0 Å². The van der Waals surface area contributed by atoms with Crippen LogP contribution in [0.25, 0.3) is 0 Å². The highest BCUT2D eigenvalue weighted by atomic mass is 35.5. The van der Waals surface area contributed by atoms with Crippen LogP contribution < -0.4 is 10.6 Å². The Hall–Kier alpha value is -1.45. The summed E-state index contributed by atoms with van der Waals surface area (Å²) in [5, 5.41) is 0.865. The molecule has 0 saturated carbocycles. The van der Waals surface area contributed by atoms with E-state index in [1.807, 2.05) is 42.3 Å². The van der Waals surface area contributed by atoms with Crippen LogP contribution in [0.15, 0.2) is 36.4 Å². The molecule has 0 spiro atoms. The molecule has 1 heterocycles. The van der Waals surface area contributed by atoms with Gasteiger partial charge in [0.1, 0.15) is 11.6 Å². The lowest BCUT2D eigenvalue weighted by molar-refractivity contribution is 0.900. The van der Waals surface area contributed by atoms with E-state index < -0.39 is 0 Å². The lowest BCUT2D eigenvalue weighted by atomic mass is 10.2. The van der Waals surface area contributed by atoms with Crippen molar-refractivity contribution in [1.82, 2.24) is 4.98 Å². The number of nitrogens with two attached hydrogens (primary N) is 1. The maximum Gasteiger partial charge on any atom is 0.149 e. The second-order valence-corrected chi connectivity index (χ2v) is 4.82. The molecule has 0 unspecified atom stereocenters. The number of anilines is 2. The van der Waals surface area contributed by atoms with Gasteiger partial charge in [-0.3, -0.25) is 0 Å². The van der Waals surface area contributed by atoms with Crippen molar-refractivity contribution in [2.45, 2.75) is 6.54 Å². The minimum atomic E-state index is 0.288. The molecule has 0 aliphatic carbocycles. The number of nitrogen functional groups attached to an aromatic ring is 1. The zero-order valence-electron chi connectivity index (χ0n) is 9.90. The third-order valence-electron chi connectivity index (χ3n) is 2.56. The molecule has 0 aliphatic rings. The zero-order chi connectivity index (χ0) is 13.1. The summed E-state index contributed by atoms with van der Waals surface area (Å²) in [6.45, 7) is 0.703. The minimum absolute atomic E-state index is 0.288. The molecule has 2 N–H and O–H groups in total. The lowest BCUT2D eigenvalue weighted by Gasteiger charge is -2.20. The number of pyridine rings is 1. The fraction of sp³-hybridized carbons (Fsp3) is 0.154. The van der Waals surface area contributed by atoms with E-state index in [2.05, 4.69) is 4.98 Å². The summed E-state index contributed by atoms with van der Waals surface area (Å²) in [4.78, 5) is 6.14. The minimum Gasteiger partial charge on any atom is -0.382 e. The van der Waals surface area contributed by atoms with Crippen LogP contribution in [-0.4, -0.2) is 12.0 Å². The van der Waals surface area contributed by atoms with E-state index in [0.717, 1.165) is 0 Å². The van der Waals surface area contributed by atoms with Crippen molar-refractivity contribution < 1.29 is 0 Å². The van der Waals surface area contributed by atoms with Crippen LogP contribution in [0.5, 0.6) is 0 Å². The van der Waals surface area contributed by atoms with Crippen LogP contribution in [-0.2, 0) is 6.54 Å². The van der Waals surface area contributed by atoms with Crippen molar-refractivity contribution in [3.63, 3.8) is 0 Å². The Morgan fingerprint density at radius 3 is 2.50 bits per heavy atom. The van der Waals surface area contributed by atoms with Crippen LogP contribution >= 0.6 is 23.2 Å². The molecule has 0 radical (unpaired) electrons. The second kappa shape index (κ2) is 5.46. The highest BCUT2D eigenvalue weighted by molar-refractivity contribution is 6.37. The van der Waals surface area contributed by atoms with Crippen molar-refractivity contribution in [1.29, 1.82) is 0 Å². The molecular weight excluding hydrogens is 269 g/mol. The Labute approximate surface area is 116 Å². The van der Waals surface area contributed by atoms with Gasteiger partial charge in [0.15, 0.2) is 0 Å². The van der Waals surface area contributed by atoms with E-state index in [9.17, 15) is 0 Å². The highest BCUT2D eigenvalue weighted by Crippen LogP contribution is 2.29. The predicted octanol–water partition coefficient (Wildman–Crippen LogP) is 3.61. The SMILES string of the molecule is CN(Cc1ccccc1)c1nc(N)c(Cl)cc1Cl. The van der Waals surface area contributed by atoms with Crippen LogP contribution in [0.4, 0.5) is 11.6 Å². The summed E-state index contributed by atoms with van der Waals surface area (Å²) < 4.78 is 0. The molecule has 18 heavy (non-hydrogen) atoms. The van der Waals surface area contributed by atoms with Crippen LogP contribution in [0.3, 0.4) is 0 Å². The van der Waals surface area contributed by atoms with Gasteiger partial charge in [-0.25, -0.2) is 4.98 Å². The number of hydrogen-bond acceptors (Lipinski definition) is 3. The van der Waals surface area contributed by atoms with Crippen molar-refractivity contribution in [3.05, 3.63) is 52.0 Å². The van der Waals surface area contributed by atoms with E-state index in [1.54, 1.807) is 6.07 Å². The molecule has 94 valence electrons. The topological polar surface area (TPSA) is 42.2 Å². The molecule has 2 aromatic rings. The van der Waals surface area contributed by atoms with Gasteiger partial charge in [-0.15, -0.1) is 0 Å². The summed E-state index contributed by atoms with van der Waals surface area (Å²) in [5.41, 5.74) is 6.86. The van der Waals surface area contributed by atoms with Gasteiger partial charge in [-0.05, 0) is 11.6 Å². The van der Waals surface area contributed by atoms with Gasteiger partial charge in [0.25, 0.3) is 0 Å². The number of benzene rings is 1. The molecule has 5 heteroatoms. The van der Waals surface area contributed by atoms with Gasteiger partial charge in [-0.1, -0.05) is 53.5 Å². The first kappa shape index (κ1) is 13.0. The molecule has 0 amide bonds. The largest absolute Gasteiger partial charge is 0.382 e. The van der Waals surface area contributed by atoms with Crippen LogP contribution in [0, 0.1) is 0 Å². The number of halogens is 2. The Balaban J connectivity index is 2.24. The molecule has 3 nitrogen and oxygen atoms in total. The number of hydrogen-bond donors (Lipinski definition) is 1. The van der Waals surface area contributed by atoms with Gasteiger partial charge in [0.2, 0.25) is 0 Å². The van der Waals surface area contributed by atoms with Crippen LogP contribution in [0.2, 0.25) is 10.0 Å². The highest BCUT2D eigenvalue weighted by Gasteiger charge is 2.11. The Kier molecular flexibility index (Phi) is 3.94. The summed E-state index contributed by atoms with van der Waals surface area (Å²) in [5.74, 6) is 0.915. The number of nitrogens with zero attached hydrogens (tertiary/aromatic N) is 2. The third-order valence-corrected chi connectivity index (χ3v) is 3.14.